The Hall–Kier alpha value is -2.52. The maximum absolute atomic E-state index is 13.4. The van der Waals surface area contributed by atoms with Gasteiger partial charge in [-0.1, -0.05) is 12.2 Å². The molecule has 0 atom stereocenters. The third kappa shape index (κ3) is 3.13. The standard InChI is InChI=1S/C22H24BrN5O3/c1-3-31-21(30)15-11-16-20(25-13(2)19(23)28(16)26-15)27-10-4-5-14-17(27)12-22(18(14)29)6-8-24-9-7-22/h4-5,11,24H,3,6-10,12H2,1-2H3. The van der Waals surface area contributed by atoms with Crippen LogP contribution in [0.25, 0.3) is 5.52 Å². The highest BCUT2D eigenvalue weighted by Gasteiger charge is 2.48. The van der Waals surface area contributed by atoms with Crippen LogP contribution in [0.5, 0.6) is 0 Å². The molecular weight excluding hydrogens is 462 g/mol. The van der Waals surface area contributed by atoms with Gasteiger partial charge < -0.3 is 15.0 Å². The Morgan fingerprint density at radius 2 is 2.13 bits per heavy atom. The molecule has 31 heavy (non-hydrogen) atoms. The van der Waals surface area contributed by atoms with E-state index in [1.165, 1.54) is 0 Å². The van der Waals surface area contributed by atoms with Gasteiger partial charge in [0.05, 0.1) is 12.3 Å². The summed E-state index contributed by atoms with van der Waals surface area (Å²) in [5, 5.41) is 7.82. The number of hydrogen-bond donors (Lipinski definition) is 1. The van der Waals surface area contributed by atoms with Gasteiger partial charge in [-0.3, -0.25) is 4.79 Å². The molecule has 2 aromatic heterocycles. The number of Topliss-reactive ketones (excluding diaryl/α,β-unsaturated/α-hetero) is 1. The largest absolute Gasteiger partial charge is 0.461 e. The molecule has 3 aliphatic rings. The fourth-order valence-corrected chi connectivity index (χ4v) is 5.20. The number of rotatable bonds is 3. The number of carbonyl (C=O) groups excluding carboxylic acids is 2. The lowest BCUT2D eigenvalue weighted by molar-refractivity contribution is -0.124. The molecule has 8 nitrogen and oxygen atoms in total. The number of nitrogens with zero attached hydrogens (tertiary/aromatic N) is 4. The molecule has 5 rings (SSSR count). The molecule has 0 bridgehead atoms. The Morgan fingerprint density at radius 1 is 1.35 bits per heavy atom. The summed E-state index contributed by atoms with van der Waals surface area (Å²) in [6.07, 6.45) is 6.39. The monoisotopic (exact) mass is 485 g/mol. The summed E-state index contributed by atoms with van der Waals surface area (Å²) >= 11 is 3.54. The van der Waals surface area contributed by atoms with E-state index < -0.39 is 5.97 Å². The van der Waals surface area contributed by atoms with E-state index in [1.54, 1.807) is 17.5 Å². The first-order valence-electron chi connectivity index (χ1n) is 10.6. The average Bonchev–Trinajstić information content (AvgIpc) is 3.33. The van der Waals surface area contributed by atoms with E-state index in [4.69, 9.17) is 9.72 Å². The van der Waals surface area contributed by atoms with E-state index in [-0.39, 0.29) is 23.5 Å². The second-order valence-corrected chi connectivity index (χ2v) is 9.02. The van der Waals surface area contributed by atoms with Crippen LogP contribution >= 0.6 is 15.9 Å². The highest BCUT2D eigenvalue weighted by atomic mass is 79.9. The quantitative estimate of drug-likeness (QED) is 0.668. The molecule has 1 spiro atoms. The van der Waals surface area contributed by atoms with Gasteiger partial charge >= 0.3 is 5.97 Å². The Morgan fingerprint density at radius 3 is 2.87 bits per heavy atom. The lowest BCUT2D eigenvalue weighted by Crippen LogP contribution is -2.40. The summed E-state index contributed by atoms with van der Waals surface area (Å²) < 4.78 is 7.50. The first-order valence-corrected chi connectivity index (χ1v) is 11.4. The van der Waals surface area contributed by atoms with Crippen LogP contribution in [0, 0.1) is 12.3 Å². The lowest BCUT2D eigenvalue weighted by atomic mass is 9.75. The van der Waals surface area contributed by atoms with Crippen molar-refractivity contribution in [2.45, 2.75) is 33.1 Å². The number of halogens is 1. The first-order chi connectivity index (χ1) is 14.9. The van der Waals surface area contributed by atoms with Crippen molar-refractivity contribution in [3.8, 4) is 0 Å². The normalized spacial score (nSPS) is 20.1. The third-order valence-corrected chi connectivity index (χ3v) is 7.35. The van der Waals surface area contributed by atoms with Crippen LogP contribution < -0.4 is 10.2 Å². The summed E-state index contributed by atoms with van der Waals surface area (Å²) in [6, 6.07) is 1.71. The molecule has 0 radical (unpaired) electrons. The van der Waals surface area contributed by atoms with Gasteiger partial charge in [0.1, 0.15) is 10.1 Å². The van der Waals surface area contributed by atoms with Gasteiger partial charge in [0.2, 0.25) is 0 Å². The number of hydrogen-bond acceptors (Lipinski definition) is 7. The van der Waals surface area contributed by atoms with Gasteiger partial charge in [0, 0.05) is 35.7 Å². The van der Waals surface area contributed by atoms with E-state index in [0.717, 1.165) is 49.3 Å². The molecule has 162 valence electrons. The molecular formula is C22H24BrN5O3. The van der Waals surface area contributed by atoms with Crippen LogP contribution in [-0.4, -0.2) is 52.6 Å². The van der Waals surface area contributed by atoms with Crippen LogP contribution in [0.4, 0.5) is 5.82 Å². The molecule has 2 aromatic rings. The number of esters is 1. The minimum absolute atomic E-state index is 0.232. The van der Waals surface area contributed by atoms with Crippen molar-refractivity contribution in [3.63, 3.8) is 0 Å². The highest BCUT2D eigenvalue weighted by Crippen LogP contribution is 2.48. The number of ketones is 1. The molecule has 4 heterocycles. The topological polar surface area (TPSA) is 88.8 Å². The van der Waals surface area contributed by atoms with Gasteiger partial charge in [-0.25, -0.2) is 14.3 Å². The predicted molar refractivity (Wildman–Crippen MR) is 119 cm³/mol. The van der Waals surface area contributed by atoms with Gasteiger partial charge in [0.25, 0.3) is 0 Å². The second kappa shape index (κ2) is 7.56. The third-order valence-electron chi connectivity index (χ3n) is 6.44. The second-order valence-electron chi connectivity index (χ2n) is 8.27. The van der Waals surface area contributed by atoms with Crippen molar-refractivity contribution in [2.75, 3.05) is 31.1 Å². The zero-order chi connectivity index (χ0) is 21.8. The number of aromatic nitrogens is 3. The Kier molecular flexibility index (Phi) is 4.97. The summed E-state index contributed by atoms with van der Waals surface area (Å²) in [5.74, 6) is 0.472. The van der Waals surface area contributed by atoms with Crippen molar-refractivity contribution in [1.82, 2.24) is 19.9 Å². The van der Waals surface area contributed by atoms with Crippen molar-refractivity contribution < 1.29 is 14.3 Å². The Labute approximate surface area is 188 Å². The molecule has 9 heteroatoms. The number of fused-ring (bicyclic) bond motifs is 1. The van der Waals surface area contributed by atoms with Crippen LogP contribution in [0.2, 0.25) is 0 Å². The fourth-order valence-electron chi connectivity index (χ4n) is 4.84. The molecule has 0 aromatic carbocycles. The first kappa shape index (κ1) is 20.4. The van der Waals surface area contributed by atoms with Crippen LogP contribution in [0.3, 0.4) is 0 Å². The molecule has 1 saturated heterocycles. The van der Waals surface area contributed by atoms with E-state index >= 15 is 0 Å². The molecule has 0 amide bonds. The molecule has 1 N–H and O–H groups in total. The van der Waals surface area contributed by atoms with Crippen LogP contribution in [0.15, 0.2) is 34.1 Å². The maximum atomic E-state index is 13.4. The number of aryl methyl sites for hydroxylation is 1. The summed E-state index contributed by atoms with van der Waals surface area (Å²) in [5.41, 5.74) is 3.17. The van der Waals surface area contributed by atoms with Crippen molar-refractivity contribution in [1.29, 1.82) is 0 Å². The molecule has 1 fully saturated rings. The number of ether oxygens (including phenoxy) is 1. The van der Waals surface area contributed by atoms with Gasteiger partial charge in [0.15, 0.2) is 17.3 Å². The highest BCUT2D eigenvalue weighted by molar-refractivity contribution is 9.10. The average molecular weight is 486 g/mol. The van der Waals surface area contributed by atoms with Crippen molar-refractivity contribution >= 4 is 39.0 Å². The molecule has 0 unspecified atom stereocenters. The number of allylic oxidation sites excluding steroid dienone is 3. The molecule has 2 aliphatic heterocycles. The zero-order valence-corrected chi connectivity index (χ0v) is 19.2. The zero-order valence-electron chi connectivity index (χ0n) is 17.6. The van der Waals surface area contributed by atoms with Gasteiger partial charge in [-0.05, 0) is 55.7 Å². The van der Waals surface area contributed by atoms with E-state index in [9.17, 15) is 9.59 Å². The molecule has 0 saturated carbocycles. The van der Waals surface area contributed by atoms with Gasteiger partial charge in [-0.15, -0.1) is 0 Å². The minimum Gasteiger partial charge on any atom is -0.461 e. The van der Waals surface area contributed by atoms with Crippen LogP contribution in [-0.2, 0) is 9.53 Å². The van der Waals surface area contributed by atoms with E-state index in [2.05, 4.69) is 31.2 Å². The van der Waals surface area contributed by atoms with Gasteiger partial charge in [-0.2, -0.15) is 5.10 Å². The predicted octanol–water partition coefficient (Wildman–Crippen LogP) is 2.95. The number of piperidine rings is 1. The summed E-state index contributed by atoms with van der Waals surface area (Å²) in [4.78, 5) is 32.6. The molecule has 1 aliphatic carbocycles. The lowest BCUT2D eigenvalue weighted by Gasteiger charge is -2.33. The van der Waals surface area contributed by atoms with Crippen LogP contribution in [0.1, 0.15) is 42.4 Å². The summed E-state index contributed by atoms with van der Waals surface area (Å²) in [7, 11) is 0. The Balaban J connectivity index is 1.61. The van der Waals surface area contributed by atoms with E-state index in [0.29, 0.717) is 22.5 Å². The maximum Gasteiger partial charge on any atom is 0.358 e. The fraction of sp³-hybridized carbons (Fsp3) is 0.455. The van der Waals surface area contributed by atoms with Crippen molar-refractivity contribution in [2.24, 2.45) is 5.41 Å². The number of anilines is 1. The van der Waals surface area contributed by atoms with Crippen molar-refractivity contribution in [3.05, 3.63) is 45.5 Å². The minimum atomic E-state index is -0.468. The number of nitrogens with one attached hydrogen (secondary N) is 1. The smallest absolute Gasteiger partial charge is 0.358 e. The number of carbonyl (C=O) groups is 2. The SMILES string of the molecule is CCOC(=O)c1cc2c(N3CC=CC4=C3CC3(CCNCC3)C4=O)nc(C)c(Br)n2n1. The van der Waals surface area contributed by atoms with E-state index in [1.807, 2.05) is 19.1 Å². The summed E-state index contributed by atoms with van der Waals surface area (Å²) in [6.45, 7) is 6.28. The Bertz CT molecular complexity index is 1160.